The van der Waals surface area contributed by atoms with E-state index in [1.165, 1.54) is 4.57 Å². The molecule has 1 heterocycles. The lowest BCUT2D eigenvalue weighted by molar-refractivity contribution is -0.389. The van der Waals surface area contributed by atoms with Crippen molar-refractivity contribution in [1.29, 1.82) is 0 Å². The number of aliphatic hydroxyl groups excluding tert-OH is 2. The van der Waals surface area contributed by atoms with Crippen molar-refractivity contribution >= 4 is 5.82 Å². The minimum atomic E-state index is -1.49. The molecule has 0 radical (unpaired) electrons. The summed E-state index contributed by atoms with van der Waals surface area (Å²) < 4.78 is 13.1. The first-order valence-electron chi connectivity index (χ1n) is 4.13. The predicted molar refractivity (Wildman–Crippen MR) is 46.9 cm³/mol. The monoisotopic (exact) mass is 219 g/mol. The van der Waals surface area contributed by atoms with Crippen molar-refractivity contribution in [3.8, 4) is 0 Å². The van der Waals surface area contributed by atoms with E-state index in [4.69, 9.17) is 5.11 Å². The maximum absolute atomic E-state index is 11.9. The van der Waals surface area contributed by atoms with Crippen LogP contribution in [0.5, 0.6) is 0 Å². The fourth-order valence-corrected chi connectivity index (χ4v) is 0.983. The van der Waals surface area contributed by atoms with Gasteiger partial charge in [-0.2, -0.15) is 0 Å². The Morgan fingerprint density at radius 1 is 1.60 bits per heavy atom. The number of nitrogens with zero attached hydrogens (tertiary/aromatic N) is 3. The van der Waals surface area contributed by atoms with Crippen LogP contribution in [-0.4, -0.2) is 43.6 Å². The molecule has 7 nitrogen and oxygen atoms in total. The molecule has 0 bridgehead atoms. The van der Waals surface area contributed by atoms with Crippen molar-refractivity contribution in [3.05, 3.63) is 22.6 Å². The van der Waals surface area contributed by atoms with Gasteiger partial charge in [-0.3, -0.25) is 0 Å². The summed E-state index contributed by atoms with van der Waals surface area (Å²) in [5.74, 6) is -0.364. The van der Waals surface area contributed by atoms with Crippen LogP contribution < -0.4 is 0 Å². The Morgan fingerprint density at radius 2 is 2.27 bits per heavy atom. The van der Waals surface area contributed by atoms with Crippen molar-refractivity contribution in [2.45, 2.75) is 18.8 Å². The molecule has 0 amide bonds. The summed E-state index contributed by atoms with van der Waals surface area (Å²) in [7, 11) is 0. The second-order valence-electron chi connectivity index (χ2n) is 2.97. The summed E-state index contributed by atoms with van der Waals surface area (Å²) in [6.07, 6.45) is -0.587. The van der Waals surface area contributed by atoms with Crippen molar-refractivity contribution in [1.82, 2.24) is 9.55 Å². The highest BCUT2D eigenvalue weighted by Crippen LogP contribution is 2.07. The van der Waals surface area contributed by atoms with Gasteiger partial charge in [0.15, 0.2) is 0 Å². The van der Waals surface area contributed by atoms with Gasteiger partial charge in [-0.15, -0.1) is 0 Å². The van der Waals surface area contributed by atoms with E-state index in [-0.39, 0.29) is 12.4 Å². The minimum Gasteiger partial charge on any atom is -0.388 e. The van der Waals surface area contributed by atoms with Gasteiger partial charge in [0, 0.05) is 0 Å². The number of imidazole rings is 1. The van der Waals surface area contributed by atoms with E-state index in [1.807, 2.05) is 0 Å². The molecule has 0 spiro atoms. The second-order valence-corrected chi connectivity index (χ2v) is 2.97. The van der Waals surface area contributed by atoms with E-state index in [0.717, 1.165) is 12.5 Å². The van der Waals surface area contributed by atoms with Crippen LogP contribution in [0, 0.1) is 10.1 Å². The fraction of sp³-hybridized carbons (Fsp3) is 0.571. The maximum atomic E-state index is 11.9. The van der Waals surface area contributed by atoms with E-state index in [1.54, 1.807) is 0 Å². The van der Waals surface area contributed by atoms with Crippen LogP contribution in [0.3, 0.4) is 0 Å². The molecule has 0 saturated carbocycles. The van der Waals surface area contributed by atoms with Crippen LogP contribution in [0.2, 0.25) is 0 Å². The largest absolute Gasteiger partial charge is 0.388 e. The highest BCUT2D eigenvalue weighted by atomic mass is 19.1. The van der Waals surface area contributed by atoms with Gasteiger partial charge < -0.3 is 24.9 Å². The minimum absolute atomic E-state index is 0.147. The van der Waals surface area contributed by atoms with Crippen LogP contribution in [0.4, 0.5) is 10.2 Å². The summed E-state index contributed by atoms with van der Waals surface area (Å²) in [5.41, 5.74) is 0. The SMILES string of the molecule is O=[N+]([O-])c1cn(CC(O)C(O)CF)cn1. The van der Waals surface area contributed by atoms with E-state index in [0.29, 0.717) is 0 Å². The van der Waals surface area contributed by atoms with E-state index >= 15 is 0 Å². The Hall–Kier alpha value is -1.54. The fourth-order valence-electron chi connectivity index (χ4n) is 0.983. The molecule has 0 aromatic carbocycles. The third-order valence-electron chi connectivity index (χ3n) is 1.81. The zero-order chi connectivity index (χ0) is 11.4. The van der Waals surface area contributed by atoms with Crippen LogP contribution >= 0.6 is 0 Å². The lowest BCUT2D eigenvalue weighted by atomic mass is 10.2. The molecule has 0 saturated heterocycles. The number of alkyl halides is 1. The van der Waals surface area contributed by atoms with Crippen molar-refractivity contribution in [3.63, 3.8) is 0 Å². The molecule has 1 aromatic heterocycles. The average molecular weight is 219 g/mol. The Morgan fingerprint density at radius 3 is 2.73 bits per heavy atom. The van der Waals surface area contributed by atoms with Crippen molar-refractivity contribution in [2.24, 2.45) is 0 Å². The van der Waals surface area contributed by atoms with Crippen LogP contribution in [0.15, 0.2) is 12.5 Å². The molecule has 0 aliphatic carbocycles. The van der Waals surface area contributed by atoms with E-state index in [2.05, 4.69) is 4.98 Å². The number of halogens is 1. The quantitative estimate of drug-likeness (QED) is 0.512. The Bertz CT molecular complexity index is 343. The van der Waals surface area contributed by atoms with Gasteiger partial charge in [-0.05, 0) is 9.91 Å². The summed E-state index contributed by atoms with van der Waals surface area (Å²) in [6.45, 7) is -1.22. The summed E-state index contributed by atoms with van der Waals surface area (Å²) in [4.78, 5) is 13.0. The topological polar surface area (TPSA) is 101 Å². The summed E-state index contributed by atoms with van der Waals surface area (Å²) in [5, 5.41) is 28.4. The second kappa shape index (κ2) is 4.80. The van der Waals surface area contributed by atoms with Gasteiger partial charge in [0.1, 0.15) is 25.1 Å². The number of hydrogen-bond acceptors (Lipinski definition) is 5. The molecule has 0 aliphatic heterocycles. The normalized spacial score (nSPS) is 14.9. The van der Waals surface area contributed by atoms with Gasteiger partial charge in [0.25, 0.3) is 0 Å². The number of aliphatic hydroxyl groups is 2. The van der Waals surface area contributed by atoms with Gasteiger partial charge in [0.2, 0.25) is 6.33 Å². The van der Waals surface area contributed by atoms with Crippen molar-refractivity contribution < 1.29 is 19.5 Å². The lowest BCUT2D eigenvalue weighted by Crippen LogP contribution is -2.31. The van der Waals surface area contributed by atoms with Crippen LogP contribution in [0.25, 0.3) is 0 Å². The number of nitro groups is 1. The van der Waals surface area contributed by atoms with Gasteiger partial charge in [-0.25, -0.2) is 4.39 Å². The van der Waals surface area contributed by atoms with Crippen LogP contribution in [0.1, 0.15) is 0 Å². The molecular weight excluding hydrogens is 209 g/mol. The first-order chi connectivity index (χ1) is 7.04. The van der Waals surface area contributed by atoms with Crippen LogP contribution in [-0.2, 0) is 6.54 Å². The average Bonchev–Trinajstić information content (AvgIpc) is 2.65. The first-order valence-corrected chi connectivity index (χ1v) is 4.13. The lowest BCUT2D eigenvalue weighted by Gasteiger charge is -2.13. The smallest absolute Gasteiger partial charge is 0.381 e. The molecule has 8 heteroatoms. The first kappa shape index (κ1) is 11.5. The molecule has 84 valence electrons. The number of aromatic nitrogens is 2. The number of rotatable bonds is 5. The molecule has 0 aliphatic rings. The summed E-state index contributed by atoms with van der Waals surface area (Å²) >= 11 is 0. The molecular formula is C7H10FN3O4. The molecule has 15 heavy (non-hydrogen) atoms. The van der Waals surface area contributed by atoms with Crippen molar-refractivity contribution in [2.75, 3.05) is 6.67 Å². The Balaban J connectivity index is 2.61. The zero-order valence-corrected chi connectivity index (χ0v) is 7.65. The molecule has 1 rings (SSSR count). The number of hydrogen-bond donors (Lipinski definition) is 2. The van der Waals surface area contributed by atoms with Gasteiger partial charge in [-0.1, -0.05) is 0 Å². The highest BCUT2D eigenvalue weighted by molar-refractivity contribution is 5.12. The molecule has 2 unspecified atom stereocenters. The third-order valence-corrected chi connectivity index (χ3v) is 1.81. The predicted octanol–water partition coefficient (Wildman–Crippen LogP) is -0.517. The molecule has 1 aromatic rings. The molecule has 2 N–H and O–H groups in total. The standard InChI is InChI=1S/C7H10FN3O4/c8-1-5(12)6(13)2-10-3-7(9-4-10)11(14)15/h3-6,12-13H,1-2H2. The Kier molecular flexibility index (Phi) is 3.69. The molecule has 2 atom stereocenters. The van der Waals surface area contributed by atoms with Gasteiger partial charge in [0.05, 0.1) is 6.54 Å². The van der Waals surface area contributed by atoms with Gasteiger partial charge >= 0.3 is 5.82 Å². The maximum Gasteiger partial charge on any atom is 0.381 e. The van der Waals surface area contributed by atoms with E-state index in [9.17, 15) is 19.6 Å². The third kappa shape index (κ3) is 2.96. The molecule has 0 fully saturated rings. The Labute approximate surface area is 83.9 Å². The highest BCUT2D eigenvalue weighted by Gasteiger charge is 2.18. The van der Waals surface area contributed by atoms with E-state index < -0.39 is 23.8 Å². The summed E-state index contributed by atoms with van der Waals surface area (Å²) in [6, 6.07) is 0. The zero-order valence-electron chi connectivity index (χ0n) is 7.65.